The average Bonchev–Trinajstić information content (AvgIpc) is 3.37. The van der Waals surface area contributed by atoms with E-state index in [0.29, 0.717) is 60.2 Å². The minimum Gasteiger partial charge on any atom is -0.497 e. The number of amides is 1. The molecule has 0 aliphatic carbocycles. The highest BCUT2D eigenvalue weighted by atomic mass is 16.5. The van der Waals surface area contributed by atoms with Gasteiger partial charge in [-0.3, -0.25) is 4.79 Å². The Morgan fingerprint density at radius 1 is 0.857 bits per heavy atom. The number of nitrogens with zero attached hydrogens (tertiary/aromatic N) is 7. The van der Waals surface area contributed by atoms with Crippen LogP contribution in [0.5, 0.6) is 17.2 Å². The van der Waals surface area contributed by atoms with Crippen molar-refractivity contribution in [1.29, 1.82) is 0 Å². The van der Waals surface area contributed by atoms with Crippen molar-refractivity contribution >= 4 is 22.9 Å². The lowest BCUT2D eigenvalue weighted by Gasteiger charge is -2.35. The maximum Gasteiger partial charge on any atom is 0.254 e. The molecule has 1 aliphatic heterocycles. The minimum atomic E-state index is -0.0707. The first-order chi connectivity index (χ1) is 17.1. The number of carbonyl (C=O) groups is 1. The standard InChI is InChI=1S/C24H25N7O4/c1-33-18-6-4-5-17(13-18)31-23-21(27-28-31)22(25-15-26-23)29-7-9-30(10-8-29)24(32)16-11-19(34-2)14-20(12-16)35-3/h4-6,11-15H,7-10H2,1-3H3. The largest absolute Gasteiger partial charge is 0.497 e. The normalized spacial score (nSPS) is 13.7. The number of fused-ring (bicyclic) bond motifs is 1. The van der Waals surface area contributed by atoms with Crippen LogP contribution in [0.25, 0.3) is 16.9 Å². The Kier molecular flexibility index (Phi) is 6.04. The Morgan fingerprint density at radius 2 is 1.57 bits per heavy atom. The van der Waals surface area contributed by atoms with Crippen LogP contribution in [-0.2, 0) is 0 Å². The van der Waals surface area contributed by atoms with Crippen LogP contribution in [0.1, 0.15) is 10.4 Å². The van der Waals surface area contributed by atoms with Crippen molar-refractivity contribution in [2.75, 3.05) is 52.4 Å². The third kappa shape index (κ3) is 4.27. The van der Waals surface area contributed by atoms with Crippen LogP contribution in [-0.4, -0.2) is 83.3 Å². The molecule has 35 heavy (non-hydrogen) atoms. The summed E-state index contributed by atoms with van der Waals surface area (Å²) < 4.78 is 17.6. The molecule has 0 radical (unpaired) electrons. The van der Waals surface area contributed by atoms with E-state index < -0.39 is 0 Å². The number of benzene rings is 2. The van der Waals surface area contributed by atoms with Crippen molar-refractivity contribution in [3.05, 3.63) is 54.4 Å². The summed E-state index contributed by atoms with van der Waals surface area (Å²) in [6.45, 7) is 2.28. The van der Waals surface area contributed by atoms with Gasteiger partial charge >= 0.3 is 0 Å². The smallest absolute Gasteiger partial charge is 0.254 e. The summed E-state index contributed by atoms with van der Waals surface area (Å²) in [7, 11) is 4.75. The Morgan fingerprint density at radius 3 is 2.26 bits per heavy atom. The molecule has 1 fully saturated rings. The third-order valence-electron chi connectivity index (χ3n) is 5.98. The maximum atomic E-state index is 13.1. The van der Waals surface area contributed by atoms with Crippen molar-refractivity contribution in [1.82, 2.24) is 29.9 Å². The molecule has 1 aliphatic rings. The highest BCUT2D eigenvalue weighted by Crippen LogP contribution is 2.27. The van der Waals surface area contributed by atoms with Crippen LogP contribution >= 0.6 is 0 Å². The molecule has 1 saturated heterocycles. The molecule has 0 atom stereocenters. The van der Waals surface area contributed by atoms with Gasteiger partial charge < -0.3 is 24.0 Å². The van der Waals surface area contributed by atoms with Gasteiger partial charge in [0.25, 0.3) is 5.91 Å². The topological polar surface area (TPSA) is 108 Å². The molecular weight excluding hydrogens is 450 g/mol. The molecule has 2 aromatic heterocycles. The van der Waals surface area contributed by atoms with E-state index in [1.54, 1.807) is 44.2 Å². The Balaban J connectivity index is 1.35. The number of methoxy groups -OCH3 is 3. The van der Waals surface area contributed by atoms with Crippen molar-refractivity contribution < 1.29 is 19.0 Å². The zero-order valence-electron chi connectivity index (χ0n) is 19.7. The van der Waals surface area contributed by atoms with Crippen molar-refractivity contribution in [2.24, 2.45) is 0 Å². The zero-order valence-corrected chi connectivity index (χ0v) is 19.7. The van der Waals surface area contributed by atoms with Gasteiger partial charge in [0.1, 0.15) is 23.6 Å². The quantitative estimate of drug-likeness (QED) is 0.415. The second-order valence-corrected chi connectivity index (χ2v) is 7.95. The van der Waals surface area contributed by atoms with E-state index in [9.17, 15) is 4.79 Å². The second-order valence-electron chi connectivity index (χ2n) is 7.95. The van der Waals surface area contributed by atoms with Crippen LogP contribution in [0.15, 0.2) is 48.8 Å². The van der Waals surface area contributed by atoms with Gasteiger partial charge in [0.15, 0.2) is 17.0 Å². The van der Waals surface area contributed by atoms with E-state index in [1.807, 2.05) is 29.2 Å². The number of rotatable bonds is 6. The van der Waals surface area contributed by atoms with E-state index in [1.165, 1.54) is 6.33 Å². The number of hydrogen-bond acceptors (Lipinski definition) is 9. The predicted octanol–water partition coefficient (Wildman–Crippen LogP) is 2.20. The number of hydrogen-bond donors (Lipinski definition) is 0. The first-order valence-corrected chi connectivity index (χ1v) is 11.1. The van der Waals surface area contributed by atoms with Gasteiger partial charge in [-0.25, -0.2) is 9.97 Å². The fourth-order valence-corrected chi connectivity index (χ4v) is 4.12. The lowest BCUT2D eigenvalue weighted by molar-refractivity contribution is 0.0746. The van der Waals surface area contributed by atoms with Gasteiger partial charge in [0, 0.05) is 43.9 Å². The van der Waals surface area contributed by atoms with Crippen molar-refractivity contribution in [2.45, 2.75) is 0 Å². The van der Waals surface area contributed by atoms with Crippen LogP contribution in [0, 0.1) is 0 Å². The summed E-state index contributed by atoms with van der Waals surface area (Å²) in [4.78, 5) is 26.0. The van der Waals surface area contributed by atoms with E-state index in [4.69, 9.17) is 14.2 Å². The summed E-state index contributed by atoms with van der Waals surface area (Å²) in [5, 5.41) is 8.67. The maximum absolute atomic E-state index is 13.1. The monoisotopic (exact) mass is 475 g/mol. The summed E-state index contributed by atoms with van der Waals surface area (Å²) in [5.41, 5.74) is 2.53. The average molecular weight is 476 g/mol. The van der Waals surface area contributed by atoms with Gasteiger partial charge in [0.05, 0.1) is 27.0 Å². The zero-order chi connectivity index (χ0) is 24.4. The Hall–Kier alpha value is -4.41. The Labute approximate surface area is 201 Å². The molecule has 0 N–H and O–H groups in total. The molecule has 0 saturated carbocycles. The summed E-state index contributed by atoms with van der Waals surface area (Å²) in [6.07, 6.45) is 1.51. The molecule has 3 heterocycles. The fourth-order valence-electron chi connectivity index (χ4n) is 4.12. The SMILES string of the molecule is COc1cc(OC)cc(C(=O)N2CCN(c3ncnc4c3nnn4-c3cccc(OC)c3)CC2)c1. The van der Waals surface area contributed by atoms with E-state index in [2.05, 4.69) is 25.2 Å². The lowest BCUT2D eigenvalue weighted by Crippen LogP contribution is -2.49. The van der Waals surface area contributed by atoms with Gasteiger partial charge in [-0.15, -0.1) is 5.10 Å². The molecule has 5 rings (SSSR count). The minimum absolute atomic E-state index is 0.0707. The molecule has 4 aromatic rings. The van der Waals surface area contributed by atoms with Crippen LogP contribution in [0.2, 0.25) is 0 Å². The molecular formula is C24H25N7O4. The highest BCUT2D eigenvalue weighted by Gasteiger charge is 2.26. The van der Waals surface area contributed by atoms with Gasteiger partial charge in [-0.2, -0.15) is 4.68 Å². The number of carbonyl (C=O) groups excluding carboxylic acids is 1. The molecule has 1 amide bonds. The lowest BCUT2D eigenvalue weighted by atomic mass is 10.1. The van der Waals surface area contributed by atoms with E-state index in [0.717, 1.165) is 11.4 Å². The molecule has 2 aromatic carbocycles. The van der Waals surface area contributed by atoms with Crippen LogP contribution in [0.3, 0.4) is 0 Å². The van der Waals surface area contributed by atoms with Gasteiger partial charge in [-0.1, -0.05) is 11.3 Å². The van der Waals surface area contributed by atoms with Crippen LogP contribution < -0.4 is 19.1 Å². The van der Waals surface area contributed by atoms with Crippen molar-refractivity contribution in [3.8, 4) is 22.9 Å². The van der Waals surface area contributed by atoms with Gasteiger partial charge in [0.2, 0.25) is 0 Å². The molecule has 11 nitrogen and oxygen atoms in total. The van der Waals surface area contributed by atoms with E-state index >= 15 is 0 Å². The number of anilines is 1. The highest BCUT2D eigenvalue weighted by molar-refractivity contribution is 5.95. The number of aromatic nitrogens is 5. The molecule has 0 spiro atoms. The van der Waals surface area contributed by atoms with Crippen LogP contribution in [0.4, 0.5) is 5.82 Å². The summed E-state index contributed by atoms with van der Waals surface area (Å²) in [6, 6.07) is 12.7. The van der Waals surface area contributed by atoms with Gasteiger partial charge in [-0.05, 0) is 24.3 Å². The fraction of sp³-hybridized carbons (Fsp3) is 0.292. The number of ether oxygens (including phenoxy) is 3. The molecule has 180 valence electrons. The van der Waals surface area contributed by atoms with Crippen molar-refractivity contribution in [3.63, 3.8) is 0 Å². The number of piperazine rings is 1. The first-order valence-electron chi connectivity index (χ1n) is 11.1. The third-order valence-corrected chi connectivity index (χ3v) is 5.98. The Bertz CT molecular complexity index is 1340. The summed E-state index contributed by atoms with van der Waals surface area (Å²) in [5.74, 6) is 2.50. The van der Waals surface area contributed by atoms with E-state index in [-0.39, 0.29) is 5.91 Å². The molecule has 0 unspecified atom stereocenters. The second kappa shape index (κ2) is 9.45. The predicted molar refractivity (Wildman–Crippen MR) is 129 cm³/mol. The first kappa shape index (κ1) is 22.4. The summed E-state index contributed by atoms with van der Waals surface area (Å²) >= 11 is 0. The molecule has 0 bridgehead atoms. The molecule has 11 heteroatoms.